The number of imide groups is 1. The van der Waals surface area contributed by atoms with E-state index >= 15 is 0 Å². The van der Waals surface area contributed by atoms with E-state index in [0.29, 0.717) is 11.5 Å². The van der Waals surface area contributed by atoms with E-state index in [0.717, 1.165) is 25.9 Å². The van der Waals surface area contributed by atoms with E-state index in [4.69, 9.17) is 0 Å². The predicted molar refractivity (Wildman–Crippen MR) is 92.6 cm³/mol. The number of aromatic nitrogens is 3. The van der Waals surface area contributed by atoms with Gasteiger partial charge in [-0.3, -0.25) is 14.7 Å². The first-order valence-electron chi connectivity index (χ1n) is 8.74. The van der Waals surface area contributed by atoms with Gasteiger partial charge in [0.1, 0.15) is 5.82 Å². The summed E-state index contributed by atoms with van der Waals surface area (Å²) in [6.45, 7) is 1.67. The number of urea groups is 1. The second kappa shape index (κ2) is 6.80. The van der Waals surface area contributed by atoms with Crippen LogP contribution in [0.5, 0.6) is 0 Å². The fourth-order valence-electron chi connectivity index (χ4n) is 3.80. The van der Waals surface area contributed by atoms with Crippen LogP contribution in [0.1, 0.15) is 24.4 Å². The molecule has 1 atom stereocenters. The summed E-state index contributed by atoms with van der Waals surface area (Å²) in [5, 5.41) is 6.27. The molecule has 2 aliphatic heterocycles. The van der Waals surface area contributed by atoms with Crippen molar-refractivity contribution >= 4 is 11.9 Å². The quantitative estimate of drug-likeness (QED) is 0.790. The maximum Gasteiger partial charge on any atom is 0.325 e. The summed E-state index contributed by atoms with van der Waals surface area (Å²) in [5.74, 6) is 0.135. The highest BCUT2D eigenvalue weighted by Crippen LogP contribution is 2.39. The lowest BCUT2D eigenvalue weighted by atomic mass is 9.75. The molecule has 0 spiro atoms. The maximum absolute atomic E-state index is 13.5. The van der Waals surface area contributed by atoms with Gasteiger partial charge in [0.15, 0.2) is 5.54 Å². The summed E-state index contributed by atoms with van der Waals surface area (Å²) in [5.41, 5.74) is -0.545. The van der Waals surface area contributed by atoms with Gasteiger partial charge >= 0.3 is 6.03 Å². The van der Waals surface area contributed by atoms with Crippen molar-refractivity contribution in [2.75, 3.05) is 13.1 Å². The highest BCUT2D eigenvalue weighted by Gasteiger charge is 2.57. The van der Waals surface area contributed by atoms with Gasteiger partial charge in [0.05, 0.1) is 12.2 Å². The van der Waals surface area contributed by atoms with E-state index in [2.05, 4.69) is 25.6 Å². The van der Waals surface area contributed by atoms with Crippen molar-refractivity contribution in [3.05, 3.63) is 54.4 Å². The molecule has 8 nitrogen and oxygen atoms in total. The van der Waals surface area contributed by atoms with E-state index in [1.165, 1.54) is 4.90 Å². The normalized spacial score (nSPS) is 23.9. The fraction of sp³-hybridized carbons (Fsp3) is 0.389. The summed E-state index contributed by atoms with van der Waals surface area (Å²) in [6, 6.07) is 6.72. The van der Waals surface area contributed by atoms with Crippen LogP contribution in [0, 0.1) is 5.92 Å². The Morgan fingerprint density at radius 1 is 1.04 bits per heavy atom. The van der Waals surface area contributed by atoms with Crippen molar-refractivity contribution in [2.24, 2.45) is 5.92 Å². The summed E-state index contributed by atoms with van der Waals surface area (Å²) < 4.78 is 0. The molecule has 4 heterocycles. The highest BCUT2D eigenvalue weighted by atomic mass is 16.2. The van der Waals surface area contributed by atoms with Crippen LogP contribution in [0.25, 0.3) is 0 Å². The molecule has 134 valence electrons. The monoisotopic (exact) mass is 352 g/mol. The predicted octanol–water partition coefficient (Wildman–Crippen LogP) is 0.818. The SMILES string of the molecule is O=C1NC(c2ccccn2)(C2CCNCC2)C(=O)N1Cc1ncccn1. The second-order valence-corrected chi connectivity index (χ2v) is 6.53. The molecule has 2 fully saturated rings. The second-order valence-electron chi connectivity index (χ2n) is 6.53. The van der Waals surface area contributed by atoms with E-state index in [-0.39, 0.29) is 18.4 Å². The van der Waals surface area contributed by atoms with Crippen LogP contribution in [0.15, 0.2) is 42.9 Å². The Kier molecular flexibility index (Phi) is 4.34. The molecule has 2 saturated heterocycles. The molecule has 2 aromatic heterocycles. The molecule has 3 amide bonds. The topological polar surface area (TPSA) is 100 Å². The van der Waals surface area contributed by atoms with Crippen LogP contribution in [-0.2, 0) is 16.9 Å². The van der Waals surface area contributed by atoms with Gasteiger partial charge in [-0.15, -0.1) is 0 Å². The molecule has 26 heavy (non-hydrogen) atoms. The number of carbonyl (C=O) groups is 2. The number of nitrogens with one attached hydrogen (secondary N) is 2. The third kappa shape index (κ3) is 2.72. The van der Waals surface area contributed by atoms with E-state index < -0.39 is 11.6 Å². The summed E-state index contributed by atoms with van der Waals surface area (Å²) in [4.78, 5) is 40.1. The summed E-state index contributed by atoms with van der Waals surface area (Å²) in [7, 11) is 0. The van der Waals surface area contributed by atoms with Crippen LogP contribution >= 0.6 is 0 Å². The molecule has 2 aliphatic rings. The molecule has 4 rings (SSSR count). The van der Waals surface area contributed by atoms with Gasteiger partial charge in [0.25, 0.3) is 5.91 Å². The molecule has 2 aromatic rings. The van der Waals surface area contributed by atoms with Gasteiger partial charge < -0.3 is 10.6 Å². The van der Waals surface area contributed by atoms with Crippen LogP contribution < -0.4 is 10.6 Å². The largest absolute Gasteiger partial charge is 0.325 e. The zero-order valence-electron chi connectivity index (χ0n) is 14.3. The molecule has 0 aromatic carbocycles. The first-order valence-corrected chi connectivity index (χ1v) is 8.74. The Hall–Kier alpha value is -2.87. The first kappa shape index (κ1) is 16.6. The van der Waals surface area contributed by atoms with Crippen molar-refractivity contribution in [3.63, 3.8) is 0 Å². The number of rotatable bonds is 4. The Bertz CT molecular complexity index is 794. The lowest BCUT2D eigenvalue weighted by Gasteiger charge is -2.37. The number of pyridine rings is 1. The van der Waals surface area contributed by atoms with Gasteiger partial charge in [0, 0.05) is 18.6 Å². The van der Waals surface area contributed by atoms with Crippen molar-refractivity contribution in [1.82, 2.24) is 30.5 Å². The Balaban J connectivity index is 1.72. The van der Waals surface area contributed by atoms with E-state index in [1.807, 2.05) is 12.1 Å². The lowest BCUT2D eigenvalue weighted by Crippen LogP contribution is -2.53. The van der Waals surface area contributed by atoms with Gasteiger partial charge in [-0.05, 0) is 50.0 Å². The molecule has 1 unspecified atom stereocenters. The standard InChI is InChI=1S/C18H20N6O2/c25-16-18(13-5-10-19-11-6-13,14-4-1-2-7-20-14)23-17(26)24(16)12-15-21-8-3-9-22-15/h1-4,7-9,13,19H,5-6,10-12H2,(H,23,26). The van der Waals surface area contributed by atoms with Gasteiger partial charge in [-0.25, -0.2) is 14.8 Å². The molecule has 0 bridgehead atoms. The smallest absolute Gasteiger partial charge is 0.318 e. The van der Waals surface area contributed by atoms with Crippen LogP contribution in [0.4, 0.5) is 4.79 Å². The van der Waals surface area contributed by atoms with Gasteiger partial charge in [-0.2, -0.15) is 0 Å². The average Bonchev–Trinajstić information content (AvgIpc) is 2.96. The third-order valence-corrected chi connectivity index (χ3v) is 5.07. The molecule has 0 aliphatic carbocycles. The van der Waals surface area contributed by atoms with Crippen molar-refractivity contribution in [2.45, 2.75) is 24.9 Å². The molecular weight excluding hydrogens is 332 g/mol. The zero-order chi connectivity index (χ0) is 18.0. The van der Waals surface area contributed by atoms with Crippen molar-refractivity contribution < 1.29 is 9.59 Å². The summed E-state index contributed by atoms with van der Waals surface area (Å²) in [6.07, 6.45) is 6.43. The van der Waals surface area contributed by atoms with Crippen LogP contribution in [-0.4, -0.2) is 44.9 Å². The van der Waals surface area contributed by atoms with E-state index in [1.54, 1.807) is 30.7 Å². The minimum absolute atomic E-state index is 0.0169. The molecule has 0 saturated carbocycles. The average molecular weight is 352 g/mol. The van der Waals surface area contributed by atoms with Crippen LogP contribution in [0.3, 0.4) is 0 Å². The number of amides is 3. The lowest BCUT2D eigenvalue weighted by molar-refractivity contribution is -0.134. The molecule has 8 heteroatoms. The third-order valence-electron chi connectivity index (χ3n) is 5.07. The number of hydrogen-bond donors (Lipinski definition) is 2. The molecular formula is C18H20N6O2. The Labute approximate surface area is 151 Å². The Morgan fingerprint density at radius 2 is 1.77 bits per heavy atom. The molecule has 2 N–H and O–H groups in total. The number of carbonyl (C=O) groups excluding carboxylic acids is 2. The van der Waals surface area contributed by atoms with Crippen molar-refractivity contribution in [3.8, 4) is 0 Å². The Morgan fingerprint density at radius 3 is 2.46 bits per heavy atom. The minimum atomic E-state index is -1.13. The minimum Gasteiger partial charge on any atom is -0.318 e. The van der Waals surface area contributed by atoms with Crippen molar-refractivity contribution in [1.29, 1.82) is 0 Å². The zero-order valence-corrected chi connectivity index (χ0v) is 14.3. The van der Waals surface area contributed by atoms with Crippen LogP contribution in [0.2, 0.25) is 0 Å². The van der Waals surface area contributed by atoms with E-state index in [9.17, 15) is 9.59 Å². The summed E-state index contributed by atoms with van der Waals surface area (Å²) >= 11 is 0. The highest BCUT2D eigenvalue weighted by molar-refractivity contribution is 6.07. The van der Waals surface area contributed by atoms with Gasteiger partial charge in [-0.1, -0.05) is 6.07 Å². The van der Waals surface area contributed by atoms with Gasteiger partial charge in [0.2, 0.25) is 0 Å². The number of piperidine rings is 1. The number of hydrogen-bond acceptors (Lipinski definition) is 6. The molecule has 0 radical (unpaired) electrons. The fourth-order valence-corrected chi connectivity index (χ4v) is 3.80. The maximum atomic E-state index is 13.5. The first-order chi connectivity index (χ1) is 12.7. The number of nitrogens with zero attached hydrogens (tertiary/aromatic N) is 4.